The summed E-state index contributed by atoms with van der Waals surface area (Å²) in [6, 6.07) is 4.39. The number of carbonyl (C=O) groups is 3. The van der Waals surface area contributed by atoms with Crippen LogP contribution in [0, 0.1) is 12.8 Å². The lowest BCUT2D eigenvalue weighted by Gasteiger charge is -2.33. The second-order valence-corrected chi connectivity index (χ2v) is 9.44. The zero-order chi connectivity index (χ0) is 21.9. The third-order valence-electron chi connectivity index (χ3n) is 5.46. The van der Waals surface area contributed by atoms with Crippen LogP contribution < -0.4 is 10.6 Å². The van der Waals surface area contributed by atoms with E-state index >= 15 is 0 Å². The molecule has 1 aliphatic carbocycles. The van der Waals surface area contributed by atoms with E-state index in [1.165, 1.54) is 24.5 Å². The third kappa shape index (κ3) is 4.64. The van der Waals surface area contributed by atoms with Crippen LogP contribution in [0.2, 0.25) is 0 Å². The molecule has 1 aromatic rings. The van der Waals surface area contributed by atoms with Crippen LogP contribution in [0.5, 0.6) is 0 Å². The average molecular weight is 436 g/mol. The fourth-order valence-electron chi connectivity index (χ4n) is 3.81. The fraction of sp³-hybridized carbons (Fsp3) is 0.450. The number of amides is 2. The van der Waals surface area contributed by atoms with E-state index in [0.29, 0.717) is 12.8 Å². The standard InChI is InChI=1S/C20H25N3O6S/c1-13-6-8-14(9-7-13)30(28,29)23-11-10-21-19(25)17(23)12-18(24)22-16-5-3-2-4-15(16)20(26)27/h6-11,15-17H,2-5,12H2,1H3,(H,21,25)(H,22,24)(H,26,27)/t15-,16+,17+/m0/s1. The van der Waals surface area contributed by atoms with Gasteiger partial charge in [-0.1, -0.05) is 30.5 Å². The van der Waals surface area contributed by atoms with Crippen LogP contribution >= 0.6 is 0 Å². The van der Waals surface area contributed by atoms with Gasteiger partial charge in [0, 0.05) is 18.4 Å². The molecular weight excluding hydrogens is 410 g/mol. The quantitative estimate of drug-likeness (QED) is 0.613. The Morgan fingerprint density at radius 2 is 1.87 bits per heavy atom. The van der Waals surface area contributed by atoms with Crippen LogP contribution in [0.15, 0.2) is 41.6 Å². The topological polar surface area (TPSA) is 133 Å². The molecule has 0 spiro atoms. The summed E-state index contributed by atoms with van der Waals surface area (Å²) in [5.74, 6) is -2.84. The van der Waals surface area contributed by atoms with E-state index in [9.17, 15) is 27.9 Å². The summed E-state index contributed by atoms with van der Waals surface area (Å²) in [7, 11) is -4.05. The lowest BCUT2D eigenvalue weighted by atomic mass is 9.84. The Labute approximate surface area is 175 Å². The van der Waals surface area contributed by atoms with Gasteiger partial charge in [0.05, 0.1) is 17.2 Å². The third-order valence-corrected chi connectivity index (χ3v) is 7.26. The molecule has 3 rings (SSSR count). The van der Waals surface area contributed by atoms with Gasteiger partial charge in [-0.25, -0.2) is 8.42 Å². The molecule has 10 heteroatoms. The first-order valence-corrected chi connectivity index (χ1v) is 11.2. The number of aryl methyl sites for hydroxylation is 1. The zero-order valence-electron chi connectivity index (χ0n) is 16.6. The number of carboxylic acid groups (broad SMARTS) is 1. The number of hydrogen-bond acceptors (Lipinski definition) is 5. The van der Waals surface area contributed by atoms with Gasteiger partial charge >= 0.3 is 5.97 Å². The van der Waals surface area contributed by atoms with Gasteiger partial charge in [0.2, 0.25) is 11.8 Å². The Kier molecular flexibility index (Phi) is 6.45. The van der Waals surface area contributed by atoms with E-state index in [2.05, 4.69) is 10.6 Å². The van der Waals surface area contributed by atoms with E-state index in [4.69, 9.17) is 0 Å². The van der Waals surface area contributed by atoms with Crippen molar-refractivity contribution in [2.45, 2.75) is 56.0 Å². The van der Waals surface area contributed by atoms with Gasteiger partial charge in [0.25, 0.3) is 10.0 Å². The molecule has 2 amide bonds. The summed E-state index contributed by atoms with van der Waals surface area (Å²) in [5, 5.41) is 14.5. The van der Waals surface area contributed by atoms with Crippen molar-refractivity contribution in [2.24, 2.45) is 5.92 Å². The number of carbonyl (C=O) groups excluding carboxylic acids is 2. The van der Waals surface area contributed by atoms with Crippen molar-refractivity contribution in [1.29, 1.82) is 0 Å². The minimum atomic E-state index is -4.05. The molecule has 1 saturated carbocycles. The van der Waals surface area contributed by atoms with E-state index in [1.54, 1.807) is 12.1 Å². The summed E-state index contributed by atoms with van der Waals surface area (Å²) in [6.45, 7) is 1.83. The fourth-order valence-corrected chi connectivity index (χ4v) is 5.26. The Hall–Kier alpha value is -2.88. The number of nitrogens with one attached hydrogen (secondary N) is 2. The smallest absolute Gasteiger partial charge is 0.308 e. The average Bonchev–Trinajstić information content (AvgIpc) is 2.70. The van der Waals surface area contributed by atoms with Crippen molar-refractivity contribution in [1.82, 2.24) is 14.9 Å². The minimum absolute atomic E-state index is 0.0103. The largest absolute Gasteiger partial charge is 0.481 e. The number of hydrogen-bond donors (Lipinski definition) is 3. The van der Waals surface area contributed by atoms with Gasteiger partial charge in [-0.2, -0.15) is 0 Å². The Morgan fingerprint density at radius 1 is 1.20 bits per heavy atom. The van der Waals surface area contributed by atoms with Gasteiger partial charge in [-0.3, -0.25) is 18.7 Å². The Balaban J connectivity index is 1.78. The minimum Gasteiger partial charge on any atom is -0.481 e. The predicted molar refractivity (Wildman–Crippen MR) is 107 cm³/mol. The second-order valence-electron chi connectivity index (χ2n) is 7.60. The highest BCUT2D eigenvalue weighted by Gasteiger charge is 2.38. The Bertz CT molecular complexity index is 957. The Morgan fingerprint density at radius 3 is 2.53 bits per heavy atom. The molecule has 9 nitrogen and oxygen atoms in total. The first-order valence-electron chi connectivity index (χ1n) is 9.79. The molecule has 1 aromatic carbocycles. The lowest BCUT2D eigenvalue weighted by molar-refractivity contribution is -0.144. The van der Waals surface area contributed by atoms with Crippen LogP contribution in [0.4, 0.5) is 0 Å². The molecule has 2 aliphatic rings. The number of nitrogens with zero attached hydrogens (tertiary/aromatic N) is 1. The maximum Gasteiger partial charge on any atom is 0.308 e. The van der Waals surface area contributed by atoms with Crippen LogP contribution in [-0.4, -0.2) is 47.7 Å². The molecule has 0 radical (unpaired) electrons. The number of carboxylic acids is 1. The summed E-state index contributed by atoms with van der Waals surface area (Å²) < 4.78 is 27.0. The lowest BCUT2D eigenvalue weighted by Crippen LogP contribution is -2.52. The summed E-state index contributed by atoms with van der Waals surface area (Å²) in [4.78, 5) is 36.5. The monoisotopic (exact) mass is 435 g/mol. The first kappa shape index (κ1) is 21.8. The summed E-state index contributed by atoms with van der Waals surface area (Å²) in [5.41, 5.74) is 0.886. The molecule has 0 aromatic heterocycles. The number of benzene rings is 1. The maximum absolute atomic E-state index is 13.1. The molecular formula is C20H25N3O6S. The molecule has 0 unspecified atom stereocenters. The predicted octanol–water partition coefficient (Wildman–Crippen LogP) is 1.11. The van der Waals surface area contributed by atoms with Crippen LogP contribution in [-0.2, 0) is 24.4 Å². The van der Waals surface area contributed by atoms with Crippen molar-refractivity contribution in [3.8, 4) is 0 Å². The SMILES string of the molecule is Cc1ccc(S(=O)(=O)N2C=CNC(=O)[C@H]2CC(=O)N[C@@H]2CCCC[C@@H]2C(=O)O)cc1. The highest BCUT2D eigenvalue weighted by molar-refractivity contribution is 7.89. The van der Waals surface area contributed by atoms with E-state index < -0.39 is 52.2 Å². The molecule has 0 bridgehead atoms. The highest BCUT2D eigenvalue weighted by atomic mass is 32.2. The molecule has 1 heterocycles. The van der Waals surface area contributed by atoms with Crippen LogP contribution in [0.25, 0.3) is 0 Å². The van der Waals surface area contributed by atoms with Gasteiger partial charge < -0.3 is 15.7 Å². The van der Waals surface area contributed by atoms with Crippen molar-refractivity contribution in [3.05, 3.63) is 42.2 Å². The second kappa shape index (κ2) is 8.86. The molecule has 1 aliphatic heterocycles. The van der Waals surface area contributed by atoms with E-state index in [0.717, 1.165) is 22.7 Å². The molecule has 0 saturated heterocycles. The first-order chi connectivity index (χ1) is 14.2. The van der Waals surface area contributed by atoms with Crippen LogP contribution in [0.1, 0.15) is 37.7 Å². The van der Waals surface area contributed by atoms with Gasteiger partial charge in [0.1, 0.15) is 6.04 Å². The van der Waals surface area contributed by atoms with Crippen molar-refractivity contribution >= 4 is 27.8 Å². The molecule has 3 N–H and O–H groups in total. The molecule has 30 heavy (non-hydrogen) atoms. The molecule has 3 atom stereocenters. The zero-order valence-corrected chi connectivity index (χ0v) is 17.4. The van der Waals surface area contributed by atoms with Crippen LogP contribution in [0.3, 0.4) is 0 Å². The normalized spacial score (nSPS) is 24.2. The van der Waals surface area contributed by atoms with Crippen molar-refractivity contribution in [2.75, 3.05) is 0 Å². The van der Waals surface area contributed by atoms with Crippen molar-refractivity contribution in [3.63, 3.8) is 0 Å². The number of aliphatic carboxylic acids is 1. The van der Waals surface area contributed by atoms with Gasteiger partial charge in [-0.05, 0) is 31.9 Å². The summed E-state index contributed by atoms with van der Waals surface area (Å²) in [6.07, 6.45) is 4.60. The van der Waals surface area contributed by atoms with E-state index in [1.807, 2.05) is 6.92 Å². The maximum atomic E-state index is 13.1. The van der Waals surface area contributed by atoms with Gasteiger partial charge in [0.15, 0.2) is 0 Å². The van der Waals surface area contributed by atoms with Gasteiger partial charge in [-0.15, -0.1) is 0 Å². The highest BCUT2D eigenvalue weighted by Crippen LogP contribution is 2.26. The van der Waals surface area contributed by atoms with Crippen molar-refractivity contribution < 1.29 is 27.9 Å². The molecule has 162 valence electrons. The molecule has 1 fully saturated rings. The number of rotatable bonds is 6. The van der Waals surface area contributed by atoms with E-state index in [-0.39, 0.29) is 4.90 Å². The number of sulfonamides is 1. The summed E-state index contributed by atoms with van der Waals surface area (Å²) >= 11 is 0.